The van der Waals surface area contributed by atoms with Crippen LogP contribution in [0.15, 0.2) is 59.6 Å². The van der Waals surface area contributed by atoms with Crippen LogP contribution in [0.5, 0.6) is 0 Å². The Bertz CT molecular complexity index is 1620. The summed E-state index contributed by atoms with van der Waals surface area (Å²) >= 11 is 1.69. The molecule has 0 spiro atoms. The SMILES string of the molecule is COC(=O)C[C@@H]1N=C(c2ccc(Nc3ccccc3)cc2)c2c(sc(CO[Si](C)(C)C(C)(C)C)c2C)-n2c(C)nnc21. The van der Waals surface area contributed by atoms with E-state index >= 15 is 0 Å². The number of rotatable bonds is 8. The van der Waals surface area contributed by atoms with E-state index < -0.39 is 14.4 Å². The second-order valence-electron chi connectivity index (χ2n) is 12.2. The summed E-state index contributed by atoms with van der Waals surface area (Å²) in [6, 6.07) is 17.8. The minimum atomic E-state index is -1.97. The average Bonchev–Trinajstić information content (AvgIpc) is 3.44. The van der Waals surface area contributed by atoms with Crippen molar-refractivity contribution >= 4 is 42.7 Å². The number of carbonyl (C=O) groups excluding carboxylic acids is 1. The lowest BCUT2D eigenvalue weighted by Crippen LogP contribution is -2.40. The first-order chi connectivity index (χ1) is 19.9. The van der Waals surface area contributed by atoms with Gasteiger partial charge in [0.15, 0.2) is 14.1 Å². The molecule has 3 heterocycles. The van der Waals surface area contributed by atoms with Crippen LogP contribution in [0.1, 0.15) is 66.5 Å². The lowest BCUT2D eigenvalue weighted by atomic mass is 9.99. The molecule has 1 atom stereocenters. The van der Waals surface area contributed by atoms with Gasteiger partial charge >= 0.3 is 5.97 Å². The summed E-state index contributed by atoms with van der Waals surface area (Å²) in [5.74, 6) is 1.04. The number of esters is 1. The molecular formula is C32H39N5O3SSi. The Morgan fingerprint density at radius 2 is 1.69 bits per heavy atom. The summed E-state index contributed by atoms with van der Waals surface area (Å²) in [6.07, 6.45) is 0.0705. The number of hydrogen-bond donors (Lipinski definition) is 1. The number of para-hydroxylation sites is 1. The van der Waals surface area contributed by atoms with E-state index in [2.05, 4.69) is 85.1 Å². The van der Waals surface area contributed by atoms with Crippen molar-refractivity contribution in [2.75, 3.05) is 12.4 Å². The van der Waals surface area contributed by atoms with Crippen molar-refractivity contribution in [2.24, 2.45) is 4.99 Å². The summed E-state index contributed by atoms with van der Waals surface area (Å²) in [4.78, 5) is 18.9. The van der Waals surface area contributed by atoms with Gasteiger partial charge in [-0.15, -0.1) is 21.5 Å². The van der Waals surface area contributed by atoms with Crippen molar-refractivity contribution in [1.82, 2.24) is 14.8 Å². The minimum absolute atomic E-state index is 0.0705. The van der Waals surface area contributed by atoms with Crippen LogP contribution in [0.2, 0.25) is 18.1 Å². The van der Waals surface area contributed by atoms with Gasteiger partial charge in [0.2, 0.25) is 0 Å². The standard InChI is InChI=1S/C32H39N5O3SSi/c1-20-26(19-40-42(7,8)32(3,4)5)41-31-28(20)29(22-14-16-24(17-15-22)33-23-12-10-9-11-13-23)34-25(18-27(38)39-6)30-36-35-21(2)37(30)31/h9-17,25,33H,18-19H2,1-8H3/t25-/m0/s1. The number of aryl methyl sites for hydroxylation is 1. The number of aromatic nitrogens is 3. The first-order valence-electron chi connectivity index (χ1n) is 14.2. The van der Waals surface area contributed by atoms with E-state index in [-0.39, 0.29) is 17.4 Å². The van der Waals surface area contributed by atoms with Crippen LogP contribution >= 0.6 is 11.3 Å². The Morgan fingerprint density at radius 3 is 2.33 bits per heavy atom. The molecule has 0 aliphatic carbocycles. The molecule has 2 aromatic carbocycles. The van der Waals surface area contributed by atoms with Crippen LogP contribution in [-0.2, 0) is 20.6 Å². The van der Waals surface area contributed by atoms with Crippen LogP contribution in [0.25, 0.3) is 5.00 Å². The number of aliphatic imine (C=N–C) groups is 1. The van der Waals surface area contributed by atoms with E-state index in [9.17, 15) is 4.79 Å². The quantitative estimate of drug-likeness (QED) is 0.165. The summed E-state index contributed by atoms with van der Waals surface area (Å²) in [5, 5.41) is 13.4. The van der Waals surface area contributed by atoms with Gasteiger partial charge in [-0.3, -0.25) is 14.4 Å². The van der Waals surface area contributed by atoms with Gasteiger partial charge in [0.1, 0.15) is 16.9 Å². The largest absolute Gasteiger partial charge is 0.469 e. The normalized spacial score (nSPS) is 15.0. The van der Waals surface area contributed by atoms with Crippen molar-refractivity contribution in [3.8, 4) is 5.00 Å². The molecule has 1 N–H and O–H groups in total. The molecule has 5 rings (SSSR count). The molecule has 0 saturated carbocycles. The van der Waals surface area contributed by atoms with Crippen molar-refractivity contribution in [2.45, 2.75) is 71.8 Å². The van der Waals surface area contributed by atoms with Crippen molar-refractivity contribution in [3.63, 3.8) is 0 Å². The highest BCUT2D eigenvalue weighted by molar-refractivity contribution is 7.15. The molecule has 0 radical (unpaired) electrons. The number of anilines is 2. The number of ether oxygens (including phenoxy) is 1. The van der Waals surface area contributed by atoms with Gasteiger partial charge in [0.25, 0.3) is 0 Å². The molecular weight excluding hydrogens is 563 g/mol. The Hall–Kier alpha value is -3.60. The lowest BCUT2D eigenvalue weighted by Gasteiger charge is -2.36. The van der Waals surface area contributed by atoms with Crippen LogP contribution < -0.4 is 5.32 Å². The molecule has 0 fully saturated rings. The number of thiophene rings is 1. The highest BCUT2D eigenvalue weighted by Gasteiger charge is 2.38. The maximum absolute atomic E-state index is 12.5. The molecule has 0 unspecified atom stereocenters. The number of nitrogens with one attached hydrogen (secondary N) is 1. The number of hydrogen-bond acceptors (Lipinski definition) is 8. The maximum Gasteiger partial charge on any atom is 0.308 e. The van der Waals surface area contributed by atoms with Crippen LogP contribution in [0.4, 0.5) is 11.4 Å². The van der Waals surface area contributed by atoms with E-state index in [1.54, 1.807) is 11.3 Å². The summed E-state index contributed by atoms with van der Waals surface area (Å²) < 4.78 is 13.8. The van der Waals surface area contributed by atoms with Crippen LogP contribution in [0.3, 0.4) is 0 Å². The van der Waals surface area contributed by atoms with Gasteiger partial charge in [0.05, 0.1) is 25.8 Å². The predicted octanol–water partition coefficient (Wildman–Crippen LogP) is 7.67. The Kier molecular flexibility index (Phi) is 8.24. The zero-order chi connectivity index (χ0) is 30.2. The topological polar surface area (TPSA) is 90.6 Å². The first-order valence-corrected chi connectivity index (χ1v) is 17.9. The van der Waals surface area contributed by atoms with Gasteiger partial charge in [0, 0.05) is 27.4 Å². The predicted molar refractivity (Wildman–Crippen MR) is 172 cm³/mol. The molecule has 220 valence electrons. The molecule has 4 aromatic rings. The van der Waals surface area contributed by atoms with E-state index in [0.717, 1.165) is 49.5 Å². The fourth-order valence-corrected chi connectivity index (χ4v) is 7.02. The smallest absolute Gasteiger partial charge is 0.308 e. The third-order valence-corrected chi connectivity index (χ3v) is 14.0. The lowest BCUT2D eigenvalue weighted by molar-refractivity contribution is -0.141. The third-order valence-electron chi connectivity index (χ3n) is 8.28. The van der Waals surface area contributed by atoms with Gasteiger partial charge in [-0.1, -0.05) is 51.1 Å². The molecule has 10 heteroatoms. The Labute approximate surface area is 253 Å². The fraction of sp³-hybridized carbons (Fsp3) is 0.375. The second-order valence-corrected chi connectivity index (χ2v) is 18.1. The van der Waals surface area contributed by atoms with E-state index in [1.807, 2.05) is 37.3 Å². The number of fused-ring (bicyclic) bond motifs is 3. The molecule has 42 heavy (non-hydrogen) atoms. The number of benzene rings is 2. The highest BCUT2D eigenvalue weighted by Crippen LogP contribution is 2.42. The molecule has 0 bridgehead atoms. The number of nitrogens with zero attached hydrogens (tertiary/aromatic N) is 4. The second kappa shape index (κ2) is 11.6. The average molecular weight is 602 g/mol. The maximum atomic E-state index is 12.5. The summed E-state index contributed by atoms with van der Waals surface area (Å²) in [5.41, 5.74) is 5.92. The van der Waals surface area contributed by atoms with Crippen LogP contribution in [0, 0.1) is 13.8 Å². The third kappa shape index (κ3) is 5.84. The molecule has 0 amide bonds. The van der Waals surface area contributed by atoms with E-state index in [1.165, 1.54) is 7.11 Å². The van der Waals surface area contributed by atoms with Crippen molar-refractivity contribution < 1.29 is 14.0 Å². The highest BCUT2D eigenvalue weighted by atomic mass is 32.1. The van der Waals surface area contributed by atoms with Gasteiger partial charge in [-0.25, -0.2) is 0 Å². The molecule has 2 aromatic heterocycles. The van der Waals surface area contributed by atoms with Crippen LogP contribution in [-0.4, -0.2) is 41.9 Å². The van der Waals surface area contributed by atoms with Crippen molar-refractivity contribution in [1.29, 1.82) is 0 Å². The number of methoxy groups -OCH3 is 1. The Balaban J connectivity index is 1.61. The van der Waals surface area contributed by atoms with Gasteiger partial charge < -0.3 is 14.5 Å². The molecule has 8 nitrogen and oxygen atoms in total. The molecule has 1 aliphatic heterocycles. The Morgan fingerprint density at radius 1 is 1.02 bits per heavy atom. The number of carbonyl (C=O) groups is 1. The summed E-state index contributed by atoms with van der Waals surface area (Å²) in [7, 11) is -0.573. The van der Waals surface area contributed by atoms with Crippen molar-refractivity contribution in [3.05, 3.63) is 87.8 Å². The zero-order valence-electron chi connectivity index (χ0n) is 25.6. The molecule has 0 saturated heterocycles. The molecule has 1 aliphatic rings. The minimum Gasteiger partial charge on any atom is -0.469 e. The van der Waals surface area contributed by atoms with E-state index in [4.69, 9.17) is 14.2 Å². The summed E-state index contributed by atoms with van der Waals surface area (Å²) in [6.45, 7) is 15.9. The zero-order valence-corrected chi connectivity index (χ0v) is 27.4. The monoisotopic (exact) mass is 601 g/mol. The van der Waals surface area contributed by atoms with Gasteiger partial charge in [-0.2, -0.15) is 0 Å². The van der Waals surface area contributed by atoms with Gasteiger partial charge in [-0.05, 0) is 61.8 Å². The first kappa shape index (κ1) is 29.9. The van der Waals surface area contributed by atoms with E-state index in [0.29, 0.717) is 12.4 Å². The fourth-order valence-electron chi connectivity index (χ4n) is 4.70.